The predicted molar refractivity (Wildman–Crippen MR) is 110 cm³/mol. The molecule has 0 aromatic heterocycles. The van der Waals surface area contributed by atoms with Crippen LogP contribution in [0.5, 0.6) is 11.5 Å². The van der Waals surface area contributed by atoms with Gasteiger partial charge in [-0.25, -0.2) is 4.39 Å². The maximum absolute atomic E-state index is 13.7. The Bertz CT molecular complexity index is 869. The van der Waals surface area contributed by atoms with Gasteiger partial charge in [0.15, 0.2) is 11.5 Å². The molecule has 0 fully saturated rings. The highest BCUT2D eigenvalue weighted by Gasteiger charge is 2.33. The van der Waals surface area contributed by atoms with Crippen molar-refractivity contribution in [2.75, 3.05) is 27.3 Å². The lowest BCUT2D eigenvalue weighted by Gasteiger charge is -2.35. The Labute approximate surface area is 171 Å². The van der Waals surface area contributed by atoms with Crippen LogP contribution in [0.3, 0.4) is 0 Å². The first-order valence-electron chi connectivity index (χ1n) is 10.0. The summed E-state index contributed by atoms with van der Waals surface area (Å²) in [5.41, 5.74) is 3.29. The standard InChI is InChI=1S/C23H29FN2O3/c1-15(2)23(27)25-13-20-19-12-22(29-4)21(28-3)11-17(19)8-9-26(20)14-16-6-5-7-18(24)10-16/h5-7,10-12,15,20H,8-9,13-14H2,1-4H3,(H,25,27)/p+1/t20-/m1/s1. The lowest BCUT2D eigenvalue weighted by atomic mass is 9.91. The number of rotatable bonds is 7. The number of hydrogen-bond donors (Lipinski definition) is 2. The third kappa shape index (κ3) is 4.88. The number of methoxy groups -OCH3 is 2. The maximum atomic E-state index is 13.7. The largest absolute Gasteiger partial charge is 0.493 e. The molecule has 0 aliphatic carbocycles. The SMILES string of the molecule is COc1cc2c(cc1OC)[C@@H](CNC(=O)C(C)C)[NH+](Cc1cccc(F)c1)CC2. The van der Waals surface area contributed by atoms with Gasteiger partial charge in [0.1, 0.15) is 18.4 Å². The van der Waals surface area contributed by atoms with Crippen molar-refractivity contribution in [3.63, 3.8) is 0 Å². The summed E-state index contributed by atoms with van der Waals surface area (Å²) in [6.07, 6.45) is 0.884. The molecular weight excluding hydrogens is 371 g/mol. The van der Waals surface area contributed by atoms with Crippen LogP contribution >= 0.6 is 0 Å². The Morgan fingerprint density at radius 2 is 1.93 bits per heavy atom. The number of ether oxygens (including phenoxy) is 2. The molecule has 0 spiro atoms. The van der Waals surface area contributed by atoms with Crippen molar-refractivity contribution in [1.29, 1.82) is 0 Å². The maximum Gasteiger partial charge on any atom is 0.222 e. The van der Waals surface area contributed by atoms with Gasteiger partial charge < -0.3 is 19.7 Å². The second-order valence-corrected chi connectivity index (χ2v) is 7.82. The van der Waals surface area contributed by atoms with Crippen LogP contribution in [0.1, 0.15) is 36.6 Å². The minimum absolute atomic E-state index is 0.0303. The first kappa shape index (κ1) is 21.1. The van der Waals surface area contributed by atoms with E-state index < -0.39 is 0 Å². The Morgan fingerprint density at radius 3 is 2.59 bits per heavy atom. The molecule has 2 aromatic carbocycles. The molecule has 1 aliphatic heterocycles. The van der Waals surface area contributed by atoms with Crippen molar-refractivity contribution in [2.45, 2.75) is 32.9 Å². The topological polar surface area (TPSA) is 52.0 Å². The van der Waals surface area contributed by atoms with Gasteiger partial charge in [-0.15, -0.1) is 0 Å². The first-order valence-corrected chi connectivity index (χ1v) is 10.0. The van der Waals surface area contributed by atoms with Crippen molar-refractivity contribution in [3.8, 4) is 11.5 Å². The van der Waals surface area contributed by atoms with Crippen molar-refractivity contribution in [2.24, 2.45) is 5.92 Å². The van der Waals surface area contributed by atoms with Crippen LogP contribution in [0.15, 0.2) is 36.4 Å². The van der Waals surface area contributed by atoms with E-state index in [-0.39, 0.29) is 23.7 Å². The Hall–Kier alpha value is -2.60. The number of nitrogens with one attached hydrogen (secondary N) is 2. The van der Waals surface area contributed by atoms with Crippen LogP contribution in [-0.4, -0.2) is 33.2 Å². The van der Waals surface area contributed by atoms with Gasteiger partial charge >= 0.3 is 0 Å². The van der Waals surface area contributed by atoms with E-state index in [2.05, 4.69) is 5.32 Å². The van der Waals surface area contributed by atoms with E-state index >= 15 is 0 Å². The van der Waals surface area contributed by atoms with Crippen LogP contribution in [0.2, 0.25) is 0 Å². The molecule has 0 saturated heterocycles. The third-order valence-electron chi connectivity index (χ3n) is 5.55. The summed E-state index contributed by atoms with van der Waals surface area (Å²) in [7, 11) is 3.26. The van der Waals surface area contributed by atoms with Gasteiger partial charge in [-0.3, -0.25) is 4.79 Å². The molecule has 29 heavy (non-hydrogen) atoms. The van der Waals surface area contributed by atoms with E-state index in [0.29, 0.717) is 24.6 Å². The van der Waals surface area contributed by atoms with E-state index in [1.807, 2.05) is 32.0 Å². The monoisotopic (exact) mass is 401 g/mol. The molecular formula is C23H30FN2O3+. The summed E-state index contributed by atoms with van der Waals surface area (Å²) in [6.45, 7) is 5.87. The predicted octanol–water partition coefficient (Wildman–Crippen LogP) is 2.30. The molecule has 1 aliphatic rings. The summed E-state index contributed by atoms with van der Waals surface area (Å²) >= 11 is 0. The molecule has 5 nitrogen and oxygen atoms in total. The average Bonchev–Trinajstić information content (AvgIpc) is 2.71. The molecule has 156 valence electrons. The second kappa shape index (κ2) is 9.27. The smallest absolute Gasteiger partial charge is 0.222 e. The molecule has 0 bridgehead atoms. The highest BCUT2D eigenvalue weighted by Crippen LogP contribution is 2.34. The highest BCUT2D eigenvalue weighted by atomic mass is 19.1. The summed E-state index contributed by atoms with van der Waals surface area (Å²) in [5.74, 6) is 1.12. The van der Waals surface area contributed by atoms with Crippen LogP contribution < -0.4 is 19.7 Å². The number of amides is 1. The number of carbonyl (C=O) groups excluding carboxylic acids is 1. The Balaban J connectivity index is 1.93. The van der Waals surface area contributed by atoms with Crippen molar-refractivity contribution >= 4 is 5.91 Å². The van der Waals surface area contributed by atoms with Crippen LogP contribution in [-0.2, 0) is 17.8 Å². The number of carbonyl (C=O) groups is 1. The number of quaternary nitrogens is 1. The Morgan fingerprint density at radius 1 is 1.21 bits per heavy atom. The number of hydrogen-bond acceptors (Lipinski definition) is 3. The molecule has 6 heteroatoms. The molecule has 2 aromatic rings. The summed E-state index contributed by atoms with van der Waals surface area (Å²) in [4.78, 5) is 13.5. The lowest BCUT2D eigenvalue weighted by Crippen LogP contribution is -3.12. The molecule has 2 atom stereocenters. The van der Waals surface area contributed by atoms with Crippen molar-refractivity contribution in [1.82, 2.24) is 5.32 Å². The van der Waals surface area contributed by atoms with Gasteiger partial charge in [0.25, 0.3) is 0 Å². The zero-order chi connectivity index (χ0) is 21.0. The van der Waals surface area contributed by atoms with Crippen molar-refractivity contribution < 1.29 is 23.6 Å². The van der Waals surface area contributed by atoms with E-state index in [9.17, 15) is 9.18 Å². The second-order valence-electron chi connectivity index (χ2n) is 7.82. The fraction of sp³-hybridized carbons (Fsp3) is 0.435. The van der Waals surface area contributed by atoms with E-state index in [1.54, 1.807) is 26.4 Å². The van der Waals surface area contributed by atoms with E-state index in [1.165, 1.54) is 16.5 Å². The van der Waals surface area contributed by atoms with E-state index in [0.717, 1.165) is 24.1 Å². The van der Waals surface area contributed by atoms with E-state index in [4.69, 9.17) is 9.47 Å². The number of benzene rings is 2. The van der Waals surface area contributed by atoms with Crippen LogP contribution in [0.25, 0.3) is 0 Å². The molecule has 0 radical (unpaired) electrons. The van der Waals surface area contributed by atoms with Crippen molar-refractivity contribution in [3.05, 3.63) is 58.9 Å². The zero-order valence-electron chi connectivity index (χ0n) is 17.5. The van der Waals surface area contributed by atoms with Gasteiger partial charge in [-0.1, -0.05) is 26.0 Å². The van der Waals surface area contributed by atoms with Crippen LogP contribution in [0.4, 0.5) is 4.39 Å². The van der Waals surface area contributed by atoms with Gasteiger partial charge in [-0.2, -0.15) is 0 Å². The zero-order valence-corrected chi connectivity index (χ0v) is 17.5. The molecule has 1 heterocycles. The third-order valence-corrected chi connectivity index (χ3v) is 5.55. The normalized spacial score (nSPS) is 18.3. The summed E-state index contributed by atoms with van der Waals surface area (Å²) in [6, 6.07) is 10.8. The Kier molecular flexibility index (Phi) is 6.75. The lowest BCUT2D eigenvalue weighted by molar-refractivity contribution is -0.945. The quantitative estimate of drug-likeness (QED) is 0.749. The van der Waals surface area contributed by atoms with Crippen LogP contribution in [0, 0.1) is 11.7 Å². The molecule has 2 N–H and O–H groups in total. The fourth-order valence-electron chi connectivity index (χ4n) is 3.95. The van der Waals surface area contributed by atoms with Gasteiger partial charge in [-0.05, 0) is 29.8 Å². The molecule has 0 saturated carbocycles. The fourth-order valence-corrected chi connectivity index (χ4v) is 3.95. The minimum Gasteiger partial charge on any atom is -0.493 e. The summed E-state index contributed by atoms with van der Waals surface area (Å²) in [5, 5.41) is 3.08. The summed E-state index contributed by atoms with van der Waals surface area (Å²) < 4.78 is 24.7. The highest BCUT2D eigenvalue weighted by molar-refractivity contribution is 5.77. The van der Waals surface area contributed by atoms with Gasteiger partial charge in [0.2, 0.25) is 5.91 Å². The average molecular weight is 402 g/mol. The number of halogens is 1. The van der Waals surface area contributed by atoms with Gasteiger partial charge in [0.05, 0.1) is 27.3 Å². The molecule has 3 rings (SSSR count). The number of fused-ring (bicyclic) bond motifs is 1. The molecule has 1 amide bonds. The van der Waals surface area contributed by atoms with Gasteiger partial charge in [0, 0.05) is 23.5 Å². The minimum atomic E-state index is -0.227. The molecule has 1 unspecified atom stereocenters. The first-order chi connectivity index (χ1) is 13.9.